The van der Waals surface area contributed by atoms with Gasteiger partial charge in [-0.2, -0.15) is 0 Å². The maximum atomic E-state index is 5.72. The van der Waals surface area contributed by atoms with Gasteiger partial charge in [0.25, 0.3) is 0 Å². The Hall–Kier alpha value is -1.26. The summed E-state index contributed by atoms with van der Waals surface area (Å²) in [6, 6.07) is 7.76. The van der Waals surface area contributed by atoms with E-state index in [1.807, 2.05) is 31.2 Å². The lowest BCUT2D eigenvalue weighted by molar-refractivity contribution is 0.0769. The van der Waals surface area contributed by atoms with Crippen molar-refractivity contribution in [3.05, 3.63) is 24.3 Å². The van der Waals surface area contributed by atoms with Crippen molar-refractivity contribution in [2.75, 3.05) is 32.9 Å². The number of benzene rings is 1. The lowest BCUT2D eigenvalue weighted by atomic mass is 10.3. The van der Waals surface area contributed by atoms with Crippen LogP contribution in [0.5, 0.6) is 11.5 Å². The van der Waals surface area contributed by atoms with E-state index in [1.54, 1.807) is 0 Å². The van der Waals surface area contributed by atoms with Crippen LogP contribution in [0.15, 0.2) is 24.3 Å². The number of hydrogen-bond acceptors (Lipinski definition) is 4. The van der Waals surface area contributed by atoms with Crippen LogP contribution in [0.4, 0.5) is 0 Å². The summed E-state index contributed by atoms with van der Waals surface area (Å²) in [5, 5.41) is 3.34. The normalized spacial score (nSPS) is 10.8. The van der Waals surface area contributed by atoms with Crippen LogP contribution < -0.4 is 14.8 Å². The van der Waals surface area contributed by atoms with Gasteiger partial charge < -0.3 is 19.5 Å². The first-order chi connectivity index (χ1) is 9.74. The Labute approximate surface area is 122 Å². The zero-order chi connectivity index (χ0) is 14.6. The largest absolute Gasteiger partial charge is 0.490 e. The molecule has 0 aliphatic heterocycles. The predicted octanol–water partition coefficient (Wildman–Crippen LogP) is 2.87. The van der Waals surface area contributed by atoms with Crippen LogP contribution in [0.2, 0.25) is 0 Å². The minimum Gasteiger partial charge on any atom is -0.490 e. The van der Waals surface area contributed by atoms with Crippen molar-refractivity contribution >= 4 is 0 Å². The Balaban J connectivity index is 2.09. The van der Waals surface area contributed by atoms with Gasteiger partial charge in [-0.05, 0) is 45.9 Å². The molecule has 1 aromatic carbocycles. The molecule has 4 nitrogen and oxygen atoms in total. The lowest BCUT2D eigenvalue weighted by Crippen LogP contribution is -2.23. The number of nitrogens with one attached hydrogen (secondary N) is 1. The summed E-state index contributed by atoms with van der Waals surface area (Å²) in [7, 11) is 0. The monoisotopic (exact) mass is 281 g/mol. The van der Waals surface area contributed by atoms with E-state index in [-0.39, 0.29) is 0 Å². The molecule has 0 aliphatic rings. The molecule has 0 saturated carbocycles. The average molecular weight is 281 g/mol. The topological polar surface area (TPSA) is 39.7 Å². The van der Waals surface area contributed by atoms with Crippen molar-refractivity contribution in [1.82, 2.24) is 5.32 Å². The molecule has 0 atom stereocenters. The van der Waals surface area contributed by atoms with Gasteiger partial charge in [0.15, 0.2) is 11.5 Å². The number of rotatable bonds is 11. The van der Waals surface area contributed by atoms with Crippen molar-refractivity contribution < 1.29 is 14.2 Å². The molecule has 0 radical (unpaired) electrons. The van der Waals surface area contributed by atoms with Crippen LogP contribution in [-0.2, 0) is 4.74 Å². The van der Waals surface area contributed by atoms with Gasteiger partial charge >= 0.3 is 0 Å². The molecule has 4 heteroatoms. The van der Waals surface area contributed by atoms with Gasteiger partial charge in [0.05, 0.1) is 12.7 Å². The van der Waals surface area contributed by atoms with E-state index in [9.17, 15) is 0 Å². The zero-order valence-corrected chi connectivity index (χ0v) is 12.9. The fourth-order valence-electron chi connectivity index (χ4n) is 1.72. The van der Waals surface area contributed by atoms with E-state index in [4.69, 9.17) is 14.2 Å². The van der Waals surface area contributed by atoms with Crippen LogP contribution >= 0.6 is 0 Å². The fraction of sp³-hybridized carbons (Fsp3) is 0.625. The van der Waals surface area contributed by atoms with E-state index >= 15 is 0 Å². The van der Waals surface area contributed by atoms with Crippen molar-refractivity contribution in [3.8, 4) is 11.5 Å². The first-order valence-electron chi connectivity index (χ1n) is 7.41. The summed E-state index contributed by atoms with van der Waals surface area (Å²) >= 11 is 0. The van der Waals surface area contributed by atoms with Crippen LogP contribution in [0, 0.1) is 0 Å². The molecule has 0 aromatic heterocycles. The molecule has 1 rings (SSSR count). The van der Waals surface area contributed by atoms with Crippen LogP contribution in [-0.4, -0.2) is 39.0 Å². The van der Waals surface area contributed by atoms with Gasteiger partial charge in [-0.1, -0.05) is 12.1 Å². The molecule has 0 saturated heterocycles. The second-order valence-electron chi connectivity index (χ2n) is 4.75. The zero-order valence-electron chi connectivity index (χ0n) is 12.9. The third-order valence-corrected chi connectivity index (χ3v) is 2.63. The van der Waals surface area contributed by atoms with Gasteiger partial charge in [-0.25, -0.2) is 0 Å². The number of para-hydroxylation sites is 2. The maximum absolute atomic E-state index is 5.72. The Kier molecular flexibility index (Phi) is 8.83. The van der Waals surface area contributed by atoms with Crippen molar-refractivity contribution in [2.24, 2.45) is 0 Å². The third-order valence-electron chi connectivity index (χ3n) is 2.63. The van der Waals surface area contributed by atoms with Crippen LogP contribution in [0.25, 0.3) is 0 Å². The molecule has 20 heavy (non-hydrogen) atoms. The summed E-state index contributed by atoms with van der Waals surface area (Å²) in [6.07, 6.45) is 1.33. The number of hydrogen-bond donors (Lipinski definition) is 1. The second-order valence-corrected chi connectivity index (χ2v) is 4.75. The molecule has 1 aromatic rings. The predicted molar refractivity (Wildman–Crippen MR) is 81.7 cm³/mol. The van der Waals surface area contributed by atoms with Crippen LogP contribution in [0.3, 0.4) is 0 Å². The van der Waals surface area contributed by atoms with Crippen molar-refractivity contribution in [3.63, 3.8) is 0 Å². The summed E-state index contributed by atoms with van der Waals surface area (Å²) in [5.41, 5.74) is 0. The Morgan fingerprint density at radius 2 is 1.70 bits per heavy atom. The highest BCUT2D eigenvalue weighted by Gasteiger charge is 2.02. The van der Waals surface area contributed by atoms with Gasteiger partial charge in [0, 0.05) is 13.2 Å². The van der Waals surface area contributed by atoms with E-state index in [1.165, 1.54) is 0 Å². The quantitative estimate of drug-likeness (QED) is 0.633. The minimum atomic E-state index is 0.313. The second kappa shape index (κ2) is 10.5. The highest BCUT2D eigenvalue weighted by Crippen LogP contribution is 2.25. The van der Waals surface area contributed by atoms with Gasteiger partial charge in [0.1, 0.15) is 6.61 Å². The van der Waals surface area contributed by atoms with E-state index in [0.717, 1.165) is 37.6 Å². The van der Waals surface area contributed by atoms with Crippen LogP contribution in [0.1, 0.15) is 27.2 Å². The molecule has 0 aliphatic carbocycles. The molecule has 1 N–H and O–H groups in total. The van der Waals surface area contributed by atoms with Gasteiger partial charge in [0.2, 0.25) is 0 Å². The summed E-state index contributed by atoms with van der Waals surface area (Å²) in [4.78, 5) is 0. The molecular weight excluding hydrogens is 254 g/mol. The van der Waals surface area contributed by atoms with E-state index < -0.39 is 0 Å². The van der Waals surface area contributed by atoms with Crippen molar-refractivity contribution in [2.45, 2.75) is 33.3 Å². The smallest absolute Gasteiger partial charge is 0.161 e. The van der Waals surface area contributed by atoms with E-state index in [0.29, 0.717) is 19.3 Å². The molecular formula is C16H27NO3. The average Bonchev–Trinajstić information content (AvgIpc) is 2.43. The van der Waals surface area contributed by atoms with Gasteiger partial charge in [-0.3, -0.25) is 0 Å². The molecule has 0 fully saturated rings. The molecule has 0 amide bonds. The first kappa shape index (κ1) is 16.8. The Morgan fingerprint density at radius 1 is 1.00 bits per heavy atom. The molecule has 0 heterocycles. The maximum Gasteiger partial charge on any atom is 0.161 e. The highest BCUT2D eigenvalue weighted by molar-refractivity contribution is 5.39. The Morgan fingerprint density at radius 3 is 2.35 bits per heavy atom. The molecule has 0 bridgehead atoms. The standard InChI is InChI=1S/C16H27NO3/c1-4-18-15-8-5-6-9-16(15)20-13-11-17-10-7-12-19-14(2)3/h5-6,8-9,14,17H,4,7,10-13H2,1-3H3. The SMILES string of the molecule is CCOc1ccccc1OCCNCCCOC(C)C. The highest BCUT2D eigenvalue weighted by atomic mass is 16.5. The first-order valence-corrected chi connectivity index (χ1v) is 7.41. The van der Waals surface area contributed by atoms with E-state index in [2.05, 4.69) is 19.2 Å². The summed E-state index contributed by atoms with van der Waals surface area (Å²) in [5.74, 6) is 1.61. The van der Waals surface area contributed by atoms with Crippen molar-refractivity contribution in [1.29, 1.82) is 0 Å². The summed E-state index contributed by atoms with van der Waals surface area (Å²) in [6.45, 7) is 9.93. The molecule has 0 unspecified atom stereocenters. The molecule has 0 spiro atoms. The summed E-state index contributed by atoms with van der Waals surface area (Å²) < 4.78 is 16.7. The Bertz CT molecular complexity index is 355. The fourth-order valence-corrected chi connectivity index (χ4v) is 1.72. The van der Waals surface area contributed by atoms with Gasteiger partial charge in [-0.15, -0.1) is 0 Å². The lowest BCUT2D eigenvalue weighted by Gasteiger charge is -2.12. The third kappa shape index (κ3) is 7.36. The molecule has 114 valence electrons. The minimum absolute atomic E-state index is 0.313. The number of ether oxygens (including phenoxy) is 3.